The number of fused-ring (bicyclic) bond motifs is 1. The zero-order valence-electron chi connectivity index (χ0n) is 13.5. The molecule has 1 atom stereocenters. The van der Waals surface area contributed by atoms with E-state index in [9.17, 15) is 13.2 Å². The number of benzene rings is 1. The Bertz CT molecular complexity index is 714. The van der Waals surface area contributed by atoms with E-state index >= 15 is 0 Å². The highest BCUT2D eigenvalue weighted by atomic mass is 32.2. The van der Waals surface area contributed by atoms with Crippen LogP contribution in [0.4, 0.5) is 0 Å². The smallest absolute Gasteiger partial charge is 0.240 e. The summed E-state index contributed by atoms with van der Waals surface area (Å²) in [5, 5.41) is 0. The molecule has 3 rings (SSSR count). The molecular formula is C16H23N3O4S. The minimum absolute atomic E-state index is 0.0442. The molecular weight excluding hydrogens is 330 g/mol. The molecule has 1 aromatic rings. The highest BCUT2D eigenvalue weighted by molar-refractivity contribution is 7.89. The predicted octanol–water partition coefficient (Wildman–Crippen LogP) is -0.0127. The van der Waals surface area contributed by atoms with E-state index in [1.54, 1.807) is 23.1 Å². The van der Waals surface area contributed by atoms with Crippen molar-refractivity contribution in [2.45, 2.75) is 36.7 Å². The quantitative estimate of drug-likeness (QED) is 0.775. The highest BCUT2D eigenvalue weighted by Gasteiger charge is 2.26. The maximum absolute atomic E-state index is 12.5. The van der Waals surface area contributed by atoms with Gasteiger partial charge < -0.3 is 15.4 Å². The van der Waals surface area contributed by atoms with Gasteiger partial charge in [-0.05, 0) is 36.1 Å². The van der Waals surface area contributed by atoms with E-state index in [0.29, 0.717) is 52.1 Å². The van der Waals surface area contributed by atoms with Gasteiger partial charge in [-0.3, -0.25) is 4.79 Å². The van der Waals surface area contributed by atoms with Crippen molar-refractivity contribution in [2.75, 3.05) is 26.3 Å². The second kappa shape index (κ2) is 7.18. The van der Waals surface area contributed by atoms with Crippen molar-refractivity contribution in [3.05, 3.63) is 29.3 Å². The number of nitrogens with one attached hydrogen (secondary N) is 1. The van der Waals surface area contributed by atoms with Crippen LogP contribution in [0.3, 0.4) is 0 Å². The third kappa shape index (κ3) is 3.77. The topological polar surface area (TPSA) is 102 Å². The van der Waals surface area contributed by atoms with Gasteiger partial charge in [0, 0.05) is 38.7 Å². The molecule has 1 saturated heterocycles. The molecule has 0 aliphatic carbocycles. The molecule has 3 N–H and O–H groups in total. The predicted molar refractivity (Wildman–Crippen MR) is 88.8 cm³/mol. The molecule has 132 valence electrons. The molecule has 0 radical (unpaired) electrons. The first kappa shape index (κ1) is 17.3. The fourth-order valence-electron chi connectivity index (χ4n) is 3.11. The van der Waals surface area contributed by atoms with Crippen LogP contribution < -0.4 is 10.5 Å². The molecule has 2 aliphatic rings. The average Bonchev–Trinajstić information content (AvgIpc) is 3.06. The van der Waals surface area contributed by atoms with E-state index in [-0.39, 0.29) is 16.8 Å². The molecule has 1 fully saturated rings. The van der Waals surface area contributed by atoms with Gasteiger partial charge in [0.05, 0.1) is 11.5 Å². The highest BCUT2D eigenvalue weighted by Crippen LogP contribution is 2.23. The number of rotatable bonds is 5. The van der Waals surface area contributed by atoms with Crippen LogP contribution >= 0.6 is 0 Å². The summed E-state index contributed by atoms with van der Waals surface area (Å²) in [5.41, 5.74) is 7.41. The monoisotopic (exact) mass is 353 g/mol. The minimum Gasteiger partial charge on any atom is -0.380 e. The molecule has 0 unspecified atom stereocenters. The summed E-state index contributed by atoms with van der Waals surface area (Å²) in [6.07, 6.45) is 1.69. The van der Waals surface area contributed by atoms with E-state index < -0.39 is 10.0 Å². The third-order valence-corrected chi connectivity index (χ3v) is 5.98. The lowest BCUT2D eigenvalue weighted by Crippen LogP contribution is -2.37. The second-order valence-corrected chi connectivity index (χ2v) is 7.93. The summed E-state index contributed by atoms with van der Waals surface area (Å²) in [6, 6.07) is 4.97. The molecule has 8 heteroatoms. The lowest BCUT2D eigenvalue weighted by atomic mass is 9.99. The number of nitrogens with zero attached hydrogens (tertiary/aromatic N) is 1. The standard InChI is InChI=1S/C16H23N3O4S/c17-6-3-16(20)19-7-4-12-9-15(2-1-13(12)10-19)24(21,22)18-14-5-8-23-11-14/h1-2,9,14,18H,3-8,10-11,17H2/t14-/m1/s1. The van der Waals surface area contributed by atoms with E-state index in [1.807, 2.05) is 0 Å². The Morgan fingerprint density at radius 2 is 2.21 bits per heavy atom. The Kier molecular flexibility index (Phi) is 5.19. The number of carbonyl (C=O) groups is 1. The zero-order valence-corrected chi connectivity index (χ0v) is 14.3. The Balaban J connectivity index is 1.74. The number of ether oxygens (including phenoxy) is 1. The van der Waals surface area contributed by atoms with Gasteiger partial charge in [0.2, 0.25) is 15.9 Å². The molecule has 0 spiro atoms. The first-order valence-electron chi connectivity index (χ1n) is 8.19. The van der Waals surface area contributed by atoms with Gasteiger partial charge in [-0.25, -0.2) is 13.1 Å². The number of carbonyl (C=O) groups excluding carboxylic acids is 1. The number of hydrogen-bond donors (Lipinski definition) is 2. The summed E-state index contributed by atoms with van der Waals surface area (Å²) in [4.78, 5) is 14.0. The number of sulfonamides is 1. The van der Waals surface area contributed by atoms with E-state index in [0.717, 1.165) is 11.1 Å². The SMILES string of the molecule is NCCC(=O)N1CCc2cc(S(=O)(=O)N[C@@H]3CCOC3)ccc2C1. The fourth-order valence-corrected chi connectivity index (χ4v) is 4.41. The van der Waals surface area contributed by atoms with Gasteiger partial charge in [-0.2, -0.15) is 0 Å². The minimum atomic E-state index is -3.54. The molecule has 7 nitrogen and oxygen atoms in total. The van der Waals surface area contributed by atoms with Crippen molar-refractivity contribution in [2.24, 2.45) is 5.73 Å². The lowest BCUT2D eigenvalue weighted by Gasteiger charge is -2.29. The van der Waals surface area contributed by atoms with Gasteiger partial charge in [0.1, 0.15) is 0 Å². The summed E-state index contributed by atoms with van der Waals surface area (Å²) in [7, 11) is -3.54. The molecule has 24 heavy (non-hydrogen) atoms. The van der Waals surface area contributed by atoms with Gasteiger partial charge in [-0.1, -0.05) is 6.07 Å². The number of nitrogens with two attached hydrogens (primary N) is 1. The van der Waals surface area contributed by atoms with Crippen LogP contribution in [-0.2, 0) is 32.5 Å². The molecule has 2 aliphatic heterocycles. The largest absolute Gasteiger partial charge is 0.380 e. The summed E-state index contributed by atoms with van der Waals surface area (Å²) < 4.78 is 32.9. The summed E-state index contributed by atoms with van der Waals surface area (Å²) in [6.45, 7) is 2.46. The van der Waals surface area contributed by atoms with Crippen LogP contribution in [0.2, 0.25) is 0 Å². The second-order valence-electron chi connectivity index (χ2n) is 6.22. The van der Waals surface area contributed by atoms with Crippen molar-refractivity contribution >= 4 is 15.9 Å². The molecule has 0 saturated carbocycles. The van der Waals surface area contributed by atoms with Crippen molar-refractivity contribution < 1.29 is 17.9 Å². The summed E-state index contributed by atoms with van der Waals surface area (Å²) >= 11 is 0. The normalized spacial score (nSPS) is 20.9. The van der Waals surface area contributed by atoms with Crippen molar-refractivity contribution in [3.63, 3.8) is 0 Å². The molecule has 1 amide bonds. The molecule has 0 bridgehead atoms. The van der Waals surface area contributed by atoms with Crippen LogP contribution in [0.1, 0.15) is 24.0 Å². The first-order valence-corrected chi connectivity index (χ1v) is 9.67. The number of hydrogen-bond acceptors (Lipinski definition) is 5. The van der Waals surface area contributed by atoms with Crippen LogP contribution in [0.5, 0.6) is 0 Å². The Morgan fingerprint density at radius 3 is 2.92 bits per heavy atom. The van der Waals surface area contributed by atoms with Gasteiger partial charge >= 0.3 is 0 Å². The first-order chi connectivity index (χ1) is 11.5. The Morgan fingerprint density at radius 1 is 1.38 bits per heavy atom. The van der Waals surface area contributed by atoms with Gasteiger partial charge in [0.25, 0.3) is 0 Å². The van der Waals surface area contributed by atoms with E-state index in [2.05, 4.69) is 4.72 Å². The zero-order chi connectivity index (χ0) is 17.2. The average molecular weight is 353 g/mol. The Hall–Kier alpha value is -1.48. The van der Waals surface area contributed by atoms with E-state index in [4.69, 9.17) is 10.5 Å². The maximum atomic E-state index is 12.5. The van der Waals surface area contributed by atoms with Gasteiger partial charge in [0.15, 0.2) is 0 Å². The molecule has 2 heterocycles. The fraction of sp³-hybridized carbons (Fsp3) is 0.562. The lowest BCUT2D eigenvalue weighted by molar-refractivity contribution is -0.131. The third-order valence-electron chi connectivity index (χ3n) is 4.46. The summed E-state index contributed by atoms with van der Waals surface area (Å²) in [5.74, 6) is 0.0442. The molecule has 0 aromatic heterocycles. The van der Waals surface area contributed by atoms with Gasteiger partial charge in [-0.15, -0.1) is 0 Å². The maximum Gasteiger partial charge on any atom is 0.240 e. The van der Waals surface area contributed by atoms with Crippen molar-refractivity contribution in [3.8, 4) is 0 Å². The molecule has 1 aromatic carbocycles. The van der Waals surface area contributed by atoms with Crippen molar-refractivity contribution in [1.82, 2.24) is 9.62 Å². The van der Waals surface area contributed by atoms with Crippen LogP contribution in [-0.4, -0.2) is 51.6 Å². The Labute approximate surface area is 142 Å². The van der Waals surface area contributed by atoms with Crippen LogP contribution in [0.15, 0.2) is 23.1 Å². The van der Waals surface area contributed by atoms with Crippen molar-refractivity contribution in [1.29, 1.82) is 0 Å². The van der Waals surface area contributed by atoms with Crippen LogP contribution in [0, 0.1) is 0 Å². The van der Waals surface area contributed by atoms with Crippen LogP contribution in [0.25, 0.3) is 0 Å². The van der Waals surface area contributed by atoms with E-state index in [1.165, 1.54) is 0 Å². The number of amides is 1.